The molecule has 0 spiro atoms. The molecule has 1 aliphatic heterocycles. The van der Waals surface area contributed by atoms with Crippen molar-refractivity contribution >= 4 is 17.4 Å². The van der Waals surface area contributed by atoms with Gasteiger partial charge in [-0.3, -0.25) is 4.79 Å². The topological polar surface area (TPSA) is 38.1 Å². The van der Waals surface area contributed by atoms with Gasteiger partial charge in [0.2, 0.25) is 0 Å². The first kappa shape index (κ1) is 13.4. The number of halogens is 1. The summed E-state index contributed by atoms with van der Waals surface area (Å²) < 4.78 is 1.71. The molecular weight excluding hydrogens is 250 g/mol. The minimum atomic E-state index is -0.0223. The van der Waals surface area contributed by atoms with Crippen molar-refractivity contribution < 1.29 is 0 Å². The molecule has 1 aliphatic rings. The lowest BCUT2D eigenvalue weighted by Gasteiger charge is -2.34. The zero-order chi connectivity index (χ0) is 13.3. The summed E-state index contributed by atoms with van der Waals surface area (Å²) >= 11 is 6.29. The Bertz CT molecular complexity index is 472. The Labute approximate surface area is 113 Å². The van der Waals surface area contributed by atoms with E-state index in [2.05, 4.69) is 11.9 Å². The third-order valence-electron chi connectivity index (χ3n) is 3.57. The summed E-state index contributed by atoms with van der Waals surface area (Å²) in [6.07, 6.45) is 4.44. The third-order valence-corrected chi connectivity index (χ3v) is 4.14. The van der Waals surface area contributed by atoms with Crippen molar-refractivity contribution in [3.63, 3.8) is 0 Å². The lowest BCUT2D eigenvalue weighted by molar-refractivity contribution is 0.441. The highest BCUT2D eigenvalue weighted by atomic mass is 35.5. The summed E-state index contributed by atoms with van der Waals surface area (Å²) in [5.74, 6) is 1.03. The first-order chi connectivity index (χ1) is 8.50. The first-order valence-corrected chi connectivity index (χ1v) is 6.90. The van der Waals surface area contributed by atoms with Crippen molar-refractivity contribution in [2.75, 3.05) is 18.0 Å². The van der Waals surface area contributed by atoms with Gasteiger partial charge in [-0.1, -0.05) is 6.92 Å². The van der Waals surface area contributed by atoms with Crippen LogP contribution in [-0.2, 0) is 0 Å². The molecule has 1 aromatic heterocycles. The van der Waals surface area contributed by atoms with E-state index < -0.39 is 0 Å². The molecule has 4 nitrogen and oxygen atoms in total. The van der Waals surface area contributed by atoms with Gasteiger partial charge < -0.3 is 9.47 Å². The van der Waals surface area contributed by atoms with Crippen molar-refractivity contribution in [3.05, 3.63) is 22.7 Å². The van der Waals surface area contributed by atoms with Crippen LogP contribution in [0.3, 0.4) is 0 Å². The maximum absolute atomic E-state index is 12.3. The summed E-state index contributed by atoms with van der Waals surface area (Å²) in [5.41, 5.74) is -0.0223. The van der Waals surface area contributed by atoms with Crippen LogP contribution in [0.1, 0.15) is 33.2 Å². The molecule has 0 saturated carbocycles. The molecule has 18 heavy (non-hydrogen) atoms. The van der Waals surface area contributed by atoms with Crippen LogP contribution < -0.4 is 10.5 Å². The highest BCUT2D eigenvalue weighted by Gasteiger charge is 2.26. The van der Waals surface area contributed by atoms with E-state index in [1.807, 2.05) is 18.7 Å². The summed E-state index contributed by atoms with van der Waals surface area (Å²) in [6, 6.07) is 0.148. The van der Waals surface area contributed by atoms with Gasteiger partial charge in [0.05, 0.1) is 5.38 Å². The summed E-state index contributed by atoms with van der Waals surface area (Å²) in [7, 11) is 0. The van der Waals surface area contributed by atoms with Gasteiger partial charge in [0.1, 0.15) is 0 Å². The van der Waals surface area contributed by atoms with E-state index >= 15 is 0 Å². The minimum absolute atomic E-state index is 0.0223. The molecule has 0 bridgehead atoms. The van der Waals surface area contributed by atoms with Crippen molar-refractivity contribution in [3.8, 4) is 0 Å². The Morgan fingerprint density at radius 2 is 2.22 bits per heavy atom. The smallest absolute Gasteiger partial charge is 0.293 e. The van der Waals surface area contributed by atoms with E-state index in [0.717, 1.165) is 13.0 Å². The quantitative estimate of drug-likeness (QED) is 0.773. The molecule has 0 radical (unpaired) electrons. The largest absolute Gasteiger partial charge is 0.351 e. The van der Waals surface area contributed by atoms with Gasteiger partial charge in [-0.25, -0.2) is 4.98 Å². The van der Waals surface area contributed by atoms with Gasteiger partial charge >= 0.3 is 0 Å². The lowest BCUT2D eigenvalue weighted by atomic mass is 9.99. The Morgan fingerprint density at radius 1 is 1.50 bits per heavy atom. The number of aromatic nitrogens is 2. The molecule has 1 fully saturated rings. The maximum Gasteiger partial charge on any atom is 0.293 e. The maximum atomic E-state index is 12.3. The molecule has 100 valence electrons. The van der Waals surface area contributed by atoms with Gasteiger partial charge in [0.25, 0.3) is 5.56 Å². The fourth-order valence-electron chi connectivity index (χ4n) is 2.25. The first-order valence-electron chi connectivity index (χ1n) is 6.47. The second kappa shape index (κ2) is 5.31. The monoisotopic (exact) mass is 269 g/mol. The van der Waals surface area contributed by atoms with E-state index in [1.165, 1.54) is 0 Å². The Balaban J connectivity index is 2.29. The average Bonchev–Trinajstić information content (AvgIpc) is 2.33. The van der Waals surface area contributed by atoms with Crippen LogP contribution in [0, 0.1) is 5.92 Å². The summed E-state index contributed by atoms with van der Waals surface area (Å²) in [4.78, 5) is 18.6. The molecule has 2 unspecified atom stereocenters. The summed E-state index contributed by atoms with van der Waals surface area (Å²) in [6.45, 7) is 7.70. The fourth-order valence-corrected chi connectivity index (χ4v) is 2.54. The third kappa shape index (κ3) is 2.53. The molecule has 2 atom stereocenters. The van der Waals surface area contributed by atoms with Crippen LogP contribution in [0.5, 0.6) is 0 Å². The van der Waals surface area contributed by atoms with Crippen molar-refractivity contribution in [2.24, 2.45) is 5.92 Å². The van der Waals surface area contributed by atoms with Crippen molar-refractivity contribution in [2.45, 2.75) is 38.6 Å². The Morgan fingerprint density at radius 3 is 2.83 bits per heavy atom. The zero-order valence-electron chi connectivity index (χ0n) is 11.1. The van der Waals surface area contributed by atoms with E-state index in [0.29, 0.717) is 18.3 Å². The molecule has 2 rings (SSSR count). The van der Waals surface area contributed by atoms with Crippen LogP contribution in [-0.4, -0.2) is 28.0 Å². The van der Waals surface area contributed by atoms with Crippen LogP contribution in [0.2, 0.25) is 0 Å². The second-order valence-corrected chi connectivity index (χ2v) is 5.85. The lowest BCUT2D eigenvalue weighted by Crippen LogP contribution is -2.44. The van der Waals surface area contributed by atoms with Crippen molar-refractivity contribution in [1.29, 1.82) is 0 Å². The van der Waals surface area contributed by atoms with Gasteiger partial charge in [0.15, 0.2) is 5.82 Å². The van der Waals surface area contributed by atoms with E-state index in [1.54, 1.807) is 17.0 Å². The number of hydrogen-bond donors (Lipinski definition) is 0. The minimum Gasteiger partial charge on any atom is -0.351 e. The van der Waals surface area contributed by atoms with Crippen LogP contribution in [0.4, 0.5) is 5.82 Å². The predicted molar refractivity (Wildman–Crippen MR) is 74.5 cm³/mol. The predicted octanol–water partition coefficient (Wildman–Crippen LogP) is 2.28. The van der Waals surface area contributed by atoms with E-state index in [-0.39, 0.29) is 17.0 Å². The average molecular weight is 270 g/mol. The van der Waals surface area contributed by atoms with Gasteiger partial charge in [-0.2, -0.15) is 0 Å². The van der Waals surface area contributed by atoms with Crippen LogP contribution >= 0.6 is 11.6 Å². The molecular formula is C13H20ClN3O. The highest BCUT2D eigenvalue weighted by molar-refractivity contribution is 6.21. The molecule has 0 N–H and O–H groups in total. The molecule has 0 amide bonds. The summed E-state index contributed by atoms with van der Waals surface area (Å²) in [5, 5.41) is 0.0904. The molecule has 2 heterocycles. The standard InChI is InChI=1S/C13H20ClN3O/c1-9(2)17-7-5-15-12(13(17)18)16-6-4-10(3)11(14)8-16/h5,7,9-11H,4,6,8H2,1-3H3. The number of anilines is 1. The normalized spacial score (nSPS) is 24.6. The SMILES string of the molecule is CC1CCN(c2nccn(C(C)C)c2=O)CC1Cl. The van der Waals surface area contributed by atoms with E-state index in [9.17, 15) is 4.79 Å². The molecule has 0 aromatic carbocycles. The molecule has 0 aliphatic carbocycles. The van der Waals surface area contributed by atoms with Gasteiger partial charge in [-0.05, 0) is 26.2 Å². The number of nitrogens with zero attached hydrogens (tertiary/aromatic N) is 3. The van der Waals surface area contributed by atoms with E-state index in [4.69, 9.17) is 11.6 Å². The number of hydrogen-bond acceptors (Lipinski definition) is 3. The highest BCUT2D eigenvalue weighted by Crippen LogP contribution is 2.23. The fraction of sp³-hybridized carbons (Fsp3) is 0.692. The molecule has 1 aromatic rings. The Kier molecular flexibility index (Phi) is 3.95. The number of rotatable bonds is 2. The van der Waals surface area contributed by atoms with Crippen LogP contribution in [0.25, 0.3) is 0 Å². The zero-order valence-corrected chi connectivity index (χ0v) is 11.9. The van der Waals surface area contributed by atoms with Gasteiger partial charge in [0, 0.05) is 31.5 Å². The van der Waals surface area contributed by atoms with Crippen LogP contribution in [0.15, 0.2) is 17.2 Å². The second-order valence-electron chi connectivity index (χ2n) is 5.28. The molecule has 1 saturated heterocycles. The van der Waals surface area contributed by atoms with Gasteiger partial charge in [-0.15, -0.1) is 11.6 Å². The Hall–Kier alpha value is -1.03. The number of piperidine rings is 1. The number of alkyl halides is 1. The van der Waals surface area contributed by atoms with Crippen molar-refractivity contribution in [1.82, 2.24) is 9.55 Å². The molecule has 5 heteroatoms.